The van der Waals surface area contributed by atoms with E-state index in [0.29, 0.717) is 12.5 Å². The van der Waals surface area contributed by atoms with Crippen LogP contribution in [0.4, 0.5) is 0 Å². The largest absolute Gasteiger partial charge is 0.392 e. The van der Waals surface area contributed by atoms with Crippen molar-refractivity contribution in [2.45, 2.75) is 38.8 Å². The molecule has 0 atom stereocenters. The van der Waals surface area contributed by atoms with Crippen molar-refractivity contribution in [1.29, 1.82) is 0 Å². The highest BCUT2D eigenvalue weighted by Gasteiger charge is 2.25. The van der Waals surface area contributed by atoms with E-state index in [2.05, 4.69) is 5.32 Å². The van der Waals surface area contributed by atoms with Crippen molar-refractivity contribution in [1.82, 2.24) is 5.32 Å². The summed E-state index contributed by atoms with van der Waals surface area (Å²) >= 11 is 0. The molecule has 0 spiro atoms. The van der Waals surface area contributed by atoms with Gasteiger partial charge in [-0.05, 0) is 49.3 Å². The molecule has 1 amide bonds. The van der Waals surface area contributed by atoms with Crippen LogP contribution in [0.15, 0.2) is 24.3 Å². The minimum atomic E-state index is 0.0326. The summed E-state index contributed by atoms with van der Waals surface area (Å²) in [6.07, 6.45) is 4.03. The zero-order valence-electron chi connectivity index (χ0n) is 11.8. The van der Waals surface area contributed by atoms with Gasteiger partial charge in [0.25, 0.3) is 0 Å². The highest BCUT2D eigenvalue weighted by Crippen LogP contribution is 2.28. The predicted octanol–water partition coefficient (Wildman–Crippen LogP) is 1.56. The first-order valence-corrected chi connectivity index (χ1v) is 7.39. The Kier molecular flexibility index (Phi) is 5.56. The van der Waals surface area contributed by atoms with Crippen molar-refractivity contribution in [2.24, 2.45) is 17.6 Å². The van der Waals surface area contributed by atoms with Gasteiger partial charge in [-0.2, -0.15) is 0 Å². The predicted molar refractivity (Wildman–Crippen MR) is 78.7 cm³/mol. The van der Waals surface area contributed by atoms with Crippen LogP contribution in [0.2, 0.25) is 0 Å². The quantitative estimate of drug-likeness (QED) is 0.764. The van der Waals surface area contributed by atoms with Crippen LogP contribution >= 0.6 is 0 Å². The minimum absolute atomic E-state index is 0.0326. The molecule has 0 unspecified atom stereocenters. The molecule has 0 bridgehead atoms. The smallest absolute Gasteiger partial charge is 0.223 e. The number of rotatable bonds is 5. The third kappa shape index (κ3) is 4.05. The molecule has 0 radical (unpaired) electrons. The molecule has 1 saturated carbocycles. The van der Waals surface area contributed by atoms with Gasteiger partial charge in [-0.3, -0.25) is 4.79 Å². The zero-order valence-corrected chi connectivity index (χ0v) is 11.8. The lowest BCUT2D eigenvalue weighted by Crippen LogP contribution is -2.33. The van der Waals surface area contributed by atoms with Gasteiger partial charge in [-0.1, -0.05) is 24.3 Å². The standard InChI is InChI=1S/C16H24N2O2/c17-9-12-4-6-15(7-5-12)16(20)18-10-13-2-1-3-14(8-13)11-19/h1-3,8,12,15,19H,4-7,9-11,17H2,(H,18,20). The van der Waals surface area contributed by atoms with Crippen LogP contribution in [0, 0.1) is 11.8 Å². The van der Waals surface area contributed by atoms with E-state index in [9.17, 15) is 4.79 Å². The number of nitrogens with two attached hydrogens (primary N) is 1. The molecule has 4 N–H and O–H groups in total. The molecule has 1 aromatic rings. The summed E-state index contributed by atoms with van der Waals surface area (Å²) in [5.74, 6) is 0.883. The molecule has 0 aromatic heterocycles. The lowest BCUT2D eigenvalue weighted by molar-refractivity contribution is -0.126. The van der Waals surface area contributed by atoms with Gasteiger partial charge in [-0.25, -0.2) is 0 Å². The maximum atomic E-state index is 12.1. The number of nitrogens with one attached hydrogen (secondary N) is 1. The summed E-state index contributed by atoms with van der Waals surface area (Å²) in [6, 6.07) is 7.66. The average molecular weight is 276 g/mol. The molecular weight excluding hydrogens is 252 g/mol. The summed E-state index contributed by atoms with van der Waals surface area (Å²) in [6.45, 7) is 1.30. The number of aliphatic hydroxyl groups is 1. The van der Waals surface area contributed by atoms with Gasteiger partial charge in [0.05, 0.1) is 6.61 Å². The minimum Gasteiger partial charge on any atom is -0.392 e. The first-order valence-electron chi connectivity index (χ1n) is 7.39. The molecule has 4 heteroatoms. The van der Waals surface area contributed by atoms with Crippen molar-refractivity contribution >= 4 is 5.91 Å². The van der Waals surface area contributed by atoms with Crippen LogP contribution in [-0.4, -0.2) is 17.6 Å². The highest BCUT2D eigenvalue weighted by atomic mass is 16.3. The second-order valence-electron chi connectivity index (χ2n) is 5.65. The molecule has 0 heterocycles. The Morgan fingerprint density at radius 2 is 1.95 bits per heavy atom. The Balaban J connectivity index is 1.80. The normalized spacial score (nSPS) is 22.5. The van der Waals surface area contributed by atoms with Gasteiger partial charge in [0, 0.05) is 12.5 Å². The van der Waals surface area contributed by atoms with Gasteiger partial charge in [-0.15, -0.1) is 0 Å². The molecule has 1 aromatic carbocycles. The summed E-state index contributed by atoms with van der Waals surface area (Å²) in [5, 5.41) is 12.1. The Hall–Kier alpha value is -1.39. The zero-order chi connectivity index (χ0) is 14.4. The van der Waals surface area contributed by atoms with E-state index in [1.165, 1.54) is 0 Å². The number of hydrogen-bond donors (Lipinski definition) is 3. The molecule has 4 nitrogen and oxygen atoms in total. The average Bonchev–Trinajstić information content (AvgIpc) is 2.53. The van der Waals surface area contributed by atoms with E-state index in [-0.39, 0.29) is 18.4 Å². The summed E-state index contributed by atoms with van der Waals surface area (Å²) in [4.78, 5) is 12.1. The fraction of sp³-hybridized carbons (Fsp3) is 0.562. The molecule has 0 aliphatic heterocycles. The number of amides is 1. The summed E-state index contributed by atoms with van der Waals surface area (Å²) in [5.41, 5.74) is 7.57. The third-order valence-corrected chi connectivity index (χ3v) is 4.19. The monoisotopic (exact) mass is 276 g/mol. The number of carbonyl (C=O) groups excluding carboxylic acids is 1. The molecule has 1 aliphatic rings. The number of benzene rings is 1. The summed E-state index contributed by atoms with van der Waals surface area (Å²) < 4.78 is 0. The lowest BCUT2D eigenvalue weighted by atomic mass is 9.81. The van der Waals surface area contributed by atoms with E-state index in [1.54, 1.807) is 0 Å². The van der Waals surface area contributed by atoms with E-state index >= 15 is 0 Å². The van der Waals surface area contributed by atoms with Crippen LogP contribution in [0.3, 0.4) is 0 Å². The second-order valence-corrected chi connectivity index (χ2v) is 5.65. The van der Waals surface area contributed by atoms with Gasteiger partial charge >= 0.3 is 0 Å². The van der Waals surface area contributed by atoms with Crippen molar-refractivity contribution in [3.8, 4) is 0 Å². The molecule has 1 aliphatic carbocycles. The molecular formula is C16H24N2O2. The van der Waals surface area contributed by atoms with Gasteiger partial charge in [0.15, 0.2) is 0 Å². The fourth-order valence-corrected chi connectivity index (χ4v) is 2.83. The van der Waals surface area contributed by atoms with E-state index < -0.39 is 0 Å². The number of aliphatic hydroxyl groups excluding tert-OH is 1. The number of hydrogen-bond acceptors (Lipinski definition) is 3. The molecule has 2 rings (SSSR count). The molecule has 110 valence electrons. The van der Waals surface area contributed by atoms with Crippen LogP contribution in [-0.2, 0) is 17.9 Å². The maximum Gasteiger partial charge on any atom is 0.223 e. The Labute approximate surface area is 120 Å². The summed E-state index contributed by atoms with van der Waals surface area (Å²) in [7, 11) is 0. The van der Waals surface area contributed by atoms with E-state index in [1.807, 2.05) is 24.3 Å². The van der Waals surface area contributed by atoms with Crippen LogP contribution < -0.4 is 11.1 Å². The van der Waals surface area contributed by atoms with Crippen molar-refractivity contribution in [3.05, 3.63) is 35.4 Å². The van der Waals surface area contributed by atoms with Crippen LogP contribution in [0.25, 0.3) is 0 Å². The topological polar surface area (TPSA) is 75.4 Å². The highest BCUT2D eigenvalue weighted by molar-refractivity contribution is 5.78. The molecule has 0 saturated heterocycles. The van der Waals surface area contributed by atoms with Crippen LogP contribution in [0.1, 0.15) is 36.8 Å². The third-order valence-electron chi connectivity index (χ3n) is 4.19. The fourth-order valence-electron chi connectivity index (χ4n) is 2.83. The van der Waals surface area contributed by atoms with Crippen molar-refractivity contribution < 1.29 is 9.90 Å². The van der Waals surface area contributed by atoms with E-state index in [0.717, 1.165) is 43.4 Å². The van der Waals surface area contributed by atoms with Gasteiger partial charge < -0.3 is 16.2 Å². The lowest BCUT2D eigenvalue weighted by Gasteiger charge is -2.26. The number of carbonyl (C=O) groups is 1. The molecule has 1 fully saturated rings. The maximum absolute atomic E-state index is 12.1. The molecule has 20 heavy (non-hydrogen) atoms. The SMILES string of the molecule is NCC1CCC(C(=O)NCc2cccc(CO)c2)CC1. The van der Waals surface area contributed by atoms with Crippen molar-refractivity contribution in [2.75, 3.05) is 6.54 Å². The van der Waals surface area contributed by atoms with E-state index in [4.69, 9.17) is 10.8 Å². The Bertz CT molecular complexity index is 440. The van der Waals surface area contributed by atoms with Gasteiger partial charge in [0.1, 0.15) is 0 Å². The Morgan fingerprint density at radius 1 is 1.25 bits per heavy atom. The van der Waals surface area contributed by atoms with Crippen LogP contribution in [0.5, 0.6) is 0 Å². The van der Waals surface area contributed by atoms with Crippen molar-refractivity contribution in [3.63, 3.8) is 0 Å². The Morgan fingerprint density at radius 3 is 2.60 bits per heavy atom. The second kappa shape index (κ2) is 7.41. The first kappa shape index (κ1) is 15.0. The van der Waals surface area contributed by atoms with Gasteiger partial charge in [0.2, 0.25) is 5.91 Å². The first-order chi connectivity index (χ1) is 9.72.